The van der Waals surface area contributed by atoms with Crippen LogP contribution in [0.3, 0.4) is 0 Å². The van der Waals surface area contributed by atoms with Crippen molar-refractivity contribution in [1.82, 2.24) is 5.43 Å². The Hall–Kier alpha value is -4.20. The monoisotopic (exact) mass is 435 g/mol. The quantitative estimate of drug-likeness (QED) is 0.335. The summed E-state index contributed by atoms with van der Waals surface area (Å²) in [7, 11) is 1.54. The van der Waals surface area contributed by atoms with E-state index in [4.69, 9.17) is 9.47 Å². The Bertz CT molecular complexity index is 1110. The highest BCUT2D eigenvalue weighted by Gasteiger charge is 2.13. The van der Waals surface area contributed by atoms with Gasteiger partial charge in [0.05, 0.1) is 12.8 Å². The molecule has 0 aliphatic carbocycles. The van der Waals surface area contributed by atoms with Gasteiger partial charge in [-0.25, -0.2) is 9.82 Å². The first-order valence-corrected chi connectivity index (χ1v) is 9.72. The van der Waals surface area contributed by atoms with Gasteiger partial charge in [0.2, 0.25) is 0 Å². The first kappa shape index (κ1) is 22.5. The van der Waals surface area contributed by atoms with Gasteiger partial charge in [0, 0.05) is 11.3 Å². The van der Waals surface area contributed by atoms with Crippen molar-refractivity contribution in [2.75, 3.05) is 12.4 Å². The van der Waals surface area contributed by atoms with Crippen LogP contribution in [0, 0.1) is 5.82 Å². The molecule has 0 radical (unpaired) electrons. The first-order valence-electron chi connectivity index (χ1n) is 9.72. The van der Waals surface area contributed by atoms with Crippen molar-refractivity contribution in [3.05, 3.63) is 89.7 Å². The van der Waals surface area contributed by atoms with E-state index >= 15 is 0 Å². The maximum Gasteiger partial charge on any atom is 0.329 e. The number of hydrogen-bond donors (Lipinski definition) is 2. The van der Waals surface area contributed by atoms with Gasteiger partial charge in [0.25, 0.3) is 0 Å². The number of carbonyl (C=O) groups is 2. The molecule has 0 aromatic heterocycles. The third kappa shape index (κ3) is 6.15. The van der Waals surface area contributed by atoms with Crippen LogP contribution in [-0.4, -0.2) is 24.6 Å². The normalized spacial score (nSPS) is 10.9. The van der Waals surface area contributed by atoms with Crippen molar-refractivity contribution in [3.8, 4) is 11.5 Å². The van der Waals surface area contributed by atoms with Crippen LogP contribution < -0.4 is 20.2 Å². The summed E-state index contributed by atoms with van der Waals surface area (Å²) >= 11 is 0. The lowest BCUT2D eigenvalue weighted by molar-refractivity contribution is -0.136. The maximum absolute atomic E-state index is 13.7. The molecule has 0 fully saturated rings. The lowest BCUT2D eigenvalue weighted by atomic mass is 10.1. The number of nitrogens with one attached hydrogen (secondary N) is 2. The summed E-state index contributed by atoms with van der Waals surface area (Å²) in [5, 5.41) is 6.44. The molecule has 3 rings (SSSR count). The molecule has 2 N–H and O–H groups in total. The topological polar surface area (TPSA) is 89.0 Å². The molecule has 164 valence electrons. The average molecular weight is 435 g/mol. The van der Waals surface area contributed by atoms with E-state index in [0.29, 0.717) is 28.5 Å². The Balaban J connectivity index is 1.52. The molecule has 0 spiro atoms. The van der Waals surface area contributed by atoms with Gasteiger partial charge in [-0.15, -0.1) is 0 Å². The predicted molar refractivity (Wildman–Crippen MR) is 119 cm³/mol. The predicted octanol–water partition coefficient (Wildman–Crippen LogP) is 3.89. The summed E-state index contributed by atoms with van der Waals surface area (Å²) in [5.41, 5.74) is 4.37. The smallest absolute Gasteiger partial charge is 0.329 e. The molecule has 0 saturated carbocycles. The second-order valence-corrected chi connectivity index (χ2v) is 6.73. The fourth-order valence-electron chi connectivity index (χ4n) is 2.68. The minimum Gasteiger partial charge on any atom is -0.497 e. The fraction of sp³-hybridized carbons (Fsp3) is 0.125. The van der Waals surface area contributed by atoms with Crippen LogP contribution in [0.2, 0.25) is 0 Å². The Kier molecular flexibility index (Phi) is 7.53. The average Bonchev–Trinajstić information content (AvgIpc) is 2.82. The molecule has 8 heteroatoms. The maximum atomic E-state index is 13.7. The fourth-order valence-corrected chi connectivity index (χ4v) is 2.68. The van der Waals surface area contributed by atoms with E-state index in [9.17, 15) is 14.0 Å². The molecule has 0 heterocycles. The van der Waals surface area contributed by atoms with Crippen molar-refractivity contribution in [3.63, 3.8) is 0 Å². The third-order valence-electron chi connectivity index (χ3n) is 4.50. The highest BCUT2D eigenvalue weighted by molar-refractivity contribution is 6.39. The van der Waals surface area contributed by atoms with E-state index in [-0.39, 0.29) is 12.4 Å². The van der Waals surface area contributed by atoms with Crippen LogP contribution in [0.5, 0.6) is 11.5 Å². The zero-order chi connectivity index (χ0) is 22.9. The van der Waals surface area contributed by atoms with Gasteiger partial charge >= 0.3 is 11.8 Å². The number of ether oxygens (including phenoxy) is 2. The van der Waals surface area contributed by atoms with E-state index in [1.54, 1.807) is 73.7 Å². The molecule has 3 aromatic carbocycles. The Morgan fingerprint density at radius 1 is 0.906 bits per heavy atom. The van der Waals surface area contributed by atoms with Gasteiger partial charge in [-0.2, -0.15) is 5.10 Å². The molecule has 0 atom stereocenters. The summed E-state index contributed by atoms with van der Waals surface area (Å²) in [6, 6.07) is 19.9. The number of hydrogen-bond acceptors (Lipinski definition) is 5. The number of hydrazone groups is 1. The number of benzene rings is 3. The molecule has 0 bridgehead atoms. The lowest BCUT2D eigenvalue weighted by Crippen LogP contribution is -2.32. The Labute approximate surface area is 184 Å². The van der Waals surface area contributed by atoms with Crippen LogP contribution in [-0.2, 0) is 16.2 Å². The van der Waals surface area contributed by atoms with Gasteiger partial charge in [0.1, 0.15) is 23.9 Å². The molecule has 0 aliphatic rings. The summed E-state index contributed by atoms with van der Waals surface area (Å²) in [6.45, 7) is 1.80. The summed E-state index contributed by atoms with van der Waals surface area (Å²) < 4.78 is 24.3. The summed E-state index contributed by atoms with van der Waals surface area (Å²) in [5.74, 6) is -0.864. The molecule has 32 heavy (non-hydrogen) atoms. The number of methoxy groups -OCH3 is 1. The number of nitrogens with zero attached hydrogens (tertiary/aromatic N) is 1. The molecule has 3 aromatic rings. The third-order valence-corrected chi connectivity index (χ3v) is 4.50. The van der Waals surface area contributed by atoms with Crippen molar-refractivity contribution in [2.24, 2.45) is 5.10 Å². The minimum absolute atomic E-state index is 0.110. The zero-order valence-corrected chi connectivity index (χ0v) is 17.6. The lowest BCUT2D eigenvalue weighted by Gasteiger charge is -2.08. The van der Waals surface area contributed by atoms with Gasteiger partial charge < -0.3 is 14.8 Å². The van der Waals surface area contributed by atoms with Crippen LogP contribution in [0.1, 0.15) is 18.1 Å². The molecular weight excluding hydrogens is 413 g/mol. The van der Waals surface area contributed by atoms with Gasteiger partial charge in [0.15, 0.2) is 0 Å². The van der Waals surface area contributed by atoms with Gasteiger partial charge in [-0.3, -0.25) is 9.59 Å². The molecular formula is C24H22FN3O4. The highest BCUT2D eigenvalue weighted by Crippen LogP contribution is 2.16. The van der Waals surface area contributed by atoms with Crippen LogP contribution in [0.4, 0.5) is 10.1 Å². The minimum atomic E-state index is -0.898. The van der Waals surface area contributed by atoms with E-state index in [1.807, 2.05) is 0 Å². The molecule has 2 amide bonds. The van der Waals surface area contributed by atoms with E-state index in [1.165, 1.54) is 13.2 Å². The van der Waals surface area contributed by atoms with E-state index < -0.39 is 11.8 Å². The highest BCUT2D eigenvalue weighted by atomic mass is 19.1. The Morgan fingerprint density at radius 2 is 1.56 bits per heavy atom. The molecule has 0 unspecified atom stereocenters. The SMILES string of the molecule is COc1ccc(NC(=O)C(=O)N/N=C(\C)c2ccc(OCc3ccccc3F)cc2)cc1. The van der Waals surface area contributed by atoms with Crippen molar-refractivity contribution >= 4 is 23.2 Å². The van der Waals surface area contributed by atoms with E-state index in [0.717, 1.165) is 5.56 Å². The summed E-state index contributed by atoms with van der Waals surface area (Å²) in [4.78, 5) is 24.0. The van der Waals surface area contributed by atoms with Crippen LogP contribution >= 0.6 is 0 Å². The van der Waals surface area contributed by atoms with Crippen LogP contribution in [0.25, 0.3) is 0 Å². The summed E-state index contributed by atoms with van der Waals surface area (Å²) in [6.07, 6.45) is 0. The van der Waals surface area contributed by atoms with Crippen molar-refractivity contribution in [2.45, 2.75) is 13.5 Å². The van der Waals surface area contributed by atoms with Gasteiger partial charge in [-0.05, 0) is 67.1 Å². The van der Waals surface area contributed by atoms with Crippen molar-refractivity contribution < 1.29 is 23.5 Å². The number of amides is 2. The number of rotatable bonds is 7. The van der Waals surface area contributed by atoms with Crippen LogP contribution in [0.15, 0.2) is 77.9 Å². The molecule has 7 nitrogen and oxygen atoms in total. The second kappa shape index (κ2) is 10.7. The van der Waals surface area contributed by atoms with Crippen molar-refractivity contribution in [1.29, 1.82) is 0 Å². The number of carbonyl (C=O) groups excluding carboxylic acids is 2. The number of anilines is 1. The molecule has 0 saturated heterocycles. The van der Waals surface area contributed by atoms with Gasteiger partial charge in [-0.1, -0.05) is 18.2 Å². The zero-order valence-electron chi connectivity index (χ0n) is 17.6. The second-order valence-electron chi connectivity index (χ2n) is 6.73. The van der Waals surface area contributed by atoms with E-state index in [2.05, 4.69) is 15.8 Å². The number of halogens is 1. The first-order chi connectivity index (χ1) is 15.5. The largest absolute Gasteiger partial charge is 0.497 e. The Morgan fingerprint density at radius 3 is 2.22 bits per heavy atom. The molecule has 0 aliphatic heterocycles. The standard InChI is InChI=1S/C24H22FN3O4/c1-16(27-28-24(30)23(29)26-19-9-13-20(31-2)14-10-19)17-7-11-21(12-8-17)32-15-18-5-3-4-6-22(18)25/h3-14H,15H2,1-2H3,(H,26,29)(H,28,30)/b27-16+.